The van der Waals surface area contributed by atoms with E-state index < -0.39 is 0 Å². The summed E-state index contributed by atoms with van der Waals surface area (Å²) in [5.74, 6) is 6.56. The van der Waals surface area contributed by atoms with Gasteiger partial charge in [0.05, 0.1) is 13.2 Å². The highest BCUT2D eigenvalue weighted by Crippen LogP contribution is 2.25. The largest absolute Gasteiger partial charge is 0.497 e. The molecule has 2 rings (SSSR count). The molecule has 0 saturated carbocycles. The van der Waals surface area contributed by atoms with Gasteiger partial charge in [-0.05, 0) is 48.2 Å². The van der Waals surface area contributed by atoms with Crippen molar-refractivity contribution in [2.75, 3.05) is 7.11 Å². The molecule has 0 heterocycles. The lowest BCUT2D eigenvalue weighted by Gasteiger charge is -2.18. The third-order valence-electron chi connectivity index (χ3n) is 3.48. The van der Waals surface area contributed by atoms with E-state index in [1.165, 1.54) is 11.1 Å². The maximum atomic E-state index is 5.71. The minimum absolute atomic E-state index is 0.00907. The van der Waals surface area contributed by atoms with Crippen molar-refractivity contribution < 1.29 is 4.74 Å². The molecule has 0 radical (unpaired) electrons. The average Bonchev–Trinajstić information content (AvgIpc) is 2.44. The Hall–Kier alpha value is -1.84. The standard InChI is InChI=1S/C16H20N2O/c1-11-4-5-14(10-12(11)2)16(18-17)13-6-8-15(19-3)9-7-13/h4-10,16,18H,17H2,1-3H3. The number of nitrogens with two attached hydrogens (primary N) is 1. The molecule has 2 aromatic carbocycles. The van der Waals surface area contributed by atoms with Crippen LogP contribution in [-0.4, -0.2) is 7.11 Å². The van der Waals surface area contributed by atoms with Crippen LogP contribution in [0.2, 0.25) is 0 Å². The summed E-state index contributed by atoms with van der Waals surface area (Å²) in [4.78, 5) is 0. The van der Waals surface area contributed by atoms with Crippen molar-refractivity contribution in [1.29, 1.82) is 0 Å². The smallest absolute Gasteiger partial charge is 0.118 e. The number of hydrazine groups is 1. The van der Waals surface area contributed by atoms with Crippen LogP contribution in [0, 0.1) is 13.8 Å². The average molecular weight is 256 g/mol. The van der Waals surface area contributed by atoms with Crippen molar-refractivity contribution >= 4 is 0 Å². The van der Waals surface area contributed by atoms with Crippen LogP contribution < -0.4 is 16.0 Å². The van der Waals surface area contributed by atoms with E-state index in [0.717, 1.165) is 16.9 Å². The number of ether oxygens (including phenoxy) is 1. The fourth-order valence-corrected chi connectivity index (χ4v) is 2.13. The van der Waals surface area contributed by atoms with Crippen LogP contribution >= 0.6 is 0 Å². The van der Waals surface area contributed by atoms with Crippen LogP contribution in [0.4, 0.5) is 0 Å². The molecule has 3 nitrogen and oxygen atoms in total. The zero-order valence-corrected chi connectivity index (χ0v) is 11.6. The van der Waals surface area contributed by atoms with Gasteiger partial charge in [-0.25, -0.2) is 5.43 Å². The Labute approximate surface area is 114 Å². The van der Waals surface area contributed by atoms with E-state index >= 15 is 0 Å². The Kier molecular flexibility index (Phi) is 4.20. The van der Waals surface area contributed by atoms with Gasteiger partial charge in [-0.1, -0.05) is 30.3 Å². The third kappa shape index (κ3) is 2.95. The monoisotopic (exact) mass is 256 g/mol. The summed E-state index contributed by atoms with van der Waals surface area (Å²) in [5, 5.41) is 0. The van der Waals surface area contributed by atoms with Crippen molar-refractivity contribution in [3.8, 4) is 5.75 Å². The van der Waals surface area contributed by atoms with Crippen LogP contribution in [0.5, 0.6) is 5.75 Å². The highest BCUT2D eigenvalue weighted by Gasteiger charge is 2.12. The SMILES string of the molecule is COc1ccc(C(NN)c2ccc(C)c(C)c2)cc1. The maximum Gasteiger partial charge on any atom is 0.118 e. The first-order chi connectivity index (χ1) is 9.15. The van der Waals surface area contributed by atoms with Crippen molar-refractivity contribution in [1.82, 2.24) is 5.43 Å². The molecule has 0 aliphatic rings. The van der Waals surface area contributed by atoms with Crippen LogP contribution in [0.15, 0.2) is 42.5 Å². The van der Waals surface area contributed by atoms with Crippen molar-refractivity contribution in [2.45, 2.75) is 19.9 Å². The van der Waals surface area contributed by atoms with E-state index in [2.05, 4.69) is 37.5 Å². The second-order valence-corrected chi connectivity index (χ2v) is 4.72. The van der Waals surface area contributed by atoms with E-state index in [1.54, 1.807) is 7.11 Å². The summed E-state index contributed by atoms with van der Waals surface area (Å²) in [6.45, 7) is 4.22. The molecular formula is C16H20N2O. The number of methoxy groups -OCH3 is 1. The zero-order chi connectivity index (χ0) is 13.8. The van der Waals surface area contributed by atoms with Crippen LogP contribution in [0.1, 0.15) is 28.3 Å². The molecule has 0 aliphatic carbocycles. The van der Waals surface area contributed by atoms with Crippen LogP contribution in [0.25, 0.3) is 0 Å². The summed E-state index contributed by atoms with van der Waals surface area (Å²) in [7, 11) is 1.66. The van der Waals surface area contributed by atoms with Crippen molar-refractivity contribution in [2.24, 2.45) is 5.84 Å². The molecule has 2 aromatic rings. The van der Waals surface area contributed by atoms with Crippen molar-refractivity contribution in [3.63, 3.8) is 0 Å². The van der Waals surface area contributed by atoms with Gasteiger partial charge in [0.1, 0.15) is 5.75 Å². The Morgan fingerprint density at radius 3 is 2.11 bits per heavy atom. The molecule has 19 heavy (non-hydrogen) atoms. The van der Waals surface area contributed by atoms with Gasteiger partial charge < -0.3 is 4.74 Å². The highest BCUT2D eigenvalue weighted by molar-refractivity contribution is 5.38. The van der Waals surface area contributed by atoms with Gasteiger partial charge in [-0.3, -0.25) is 5.84 Å². The van der Waals surface area contributed by atoms with Gasteiger partial charge in [0.2, 0.25) is 0 Å². The Bertz CT molecular complexity index is 549. The summed E-state index contributed by atoms with van der Waals surface area (Å²) in [6.07, 6.45) is 0. The van der Waals surface area contributed by atoms with E-state index in [9.17, 15) is 0 Å². The van der Waals surface area contributed by atoms with Gasteiger partial charge in [-0.2, -0.15) is 0 Å². The third-order valence-corrected chi connectivity index (χ3v) is 3.48. The van der Waals surface area contributed by atoms with Gasteiger partial charge >= 0.3 is 0 Å². The molecule has 0 aliphatic heterocycles. The lowest BCUT2D eigenvalue weighted by molar-refractivity contribution is 0.414. The lowest BCUT2D eigenvalue weighted by Crippen LogP contribution is -2.28. The van der Waals surface area contributed by atoms with Gasteiger partial charge in [0, 0.05) is 0 Å². The molecule has 0 fully saturated rings. The summed E-state index contributed by atoms with van der Waals surface area (Å²) in [5.41, 5.74) is 7.71. The van der Waals surface area contributed by atoms with E-state index in [4.69, 9.17) is 10.6 Å². The minimum atomic E-state index is -0.00907. The predicted octanol–water partition coefficient (Wildman–Crippen LogP) is 2.86. The van der Waals surface area contributed by atoms with Crippen molar-refractivity contribution in [3.05, 3.63) is 64.7 Å². The lowest BCUT2D eigenvalue weighted by atomic mass is 9.96. The zero-order valence-electron chi connectivity index (χ0n) is 11.6. The van der Waals surface area contributed by atoms with Gasteiger partial charge in [-0.15, -0.1) is 0 Å². The van der Waals surface area contributed by atoms with E-state index in [0.29, 0.717) is 0 Å². The number of rotatable bonds is 4. The summed E-state index contributed by atoms with van der Waals surface area (Å²) < 4.78 is 5.17. The predicted molar refractivity (Wildman–Crippen MR) is 78.1 cm³/mol. The first-order valence-corrected chi connectivity index (χ1v) is 6.33. The topological polar surface area (TPSA) is 47.3 Å². The molecule has 1 atom stereocenters. The molecule has 0 saturated heterocycles. The molecule has 0 bridgehead atoms. The fourth-order valence-electron chi connectivity index (χ4n) is 2.13. The van der Waals surface area contributed by atoms with E-state index in [1.807, 2.05) is 24.3 Å². The minimum Gasteiger partial charge on any atom is -0.497 e. The summed E-state index contributed by atoms with van der Waals surface area (Å²) in [6, 6.07) is 14.3. The van der Waals surface area contributed by atoms with Gasteiger partial charge in [0.15, 0.2) is 0 Å². The molecule has 3 N–H and O–H groups in total. The normalized spacial score (nSPS) is 12.2. The number of hydrogen-bond donors (Lipinski definition) is 2. The van der Waals surface area contributed by atoms with E-state index in [-0.39, 0.29) is 6.04 Å². The molecule has 1 unspecified atom stereocenters. The first kappa shape index (κ1) is 13.6. The van der Waals surface area contributed by atoms with Gasteiger partial charge in [0.25, 0.3) is 0 Å². The molecule has 100 valence electrons. The quantitative estimate of drug-likeness (QED) is 0.653. The molecular weight excluding hydrogens is 236 g/mol. The van der Waals surface area contributed by atoms with Crippen LogP contribution in [-0.2, 0) is 0 Å². The number of aryl methyl sites for hydroxylation is 2. The fraction of sp³-hybridized carbons (Fsp3) is 0.250. The maximum absolute atomic E-state index is 5.71. The molecule has 3 heteroatoms. The highest BCUT2D eigenvalue weighted by atomic mass is 16.5. The number of hydrogen-bond acceptors (Lipinski definition) is 3. The summed E-state index contributed by atoms with van der Waals surface area (Å²) >= 11 is 0. The second kappa shape index (κ2) is 5.87. The Balaban J connectivity index is 2.34. The Morgan fingerprint density at radius 1 is 0.947 bits per heavy atom. The molecule has 0 amide bonds. The number of benzene rings is 2. The second-order valence-electron chi connectivity index (χ2n) is 4.72. The molecule has 0 aromatic heterocycles. The Morgan fingerprint density at radius 2 is 1.58 bits per heavy atom. The number of nitrogens with one attached hydrogen (secondary N) is 1. The molecule has 0 spiro atoms. The van der Waals surface area contributed by atoms with Crippen LogP contribution in [0.3, 0.4) is 0 Å². The first-order valence-electron chi connectivity index (χ1n) is 6.33.